The maximum absolute atomic E-state index is 9.16. The standard InChI is InChI=1S/C38H72O4Si2/c1-15-43(16-2,17-3)42-37(24-23-36-26-34(13)38(41-36)33(12)20-18-19-25-39)32(11)22-21-31(10)35(14)27-40-44(28(4)5,29(6)7)30(8)9/h20-22,28-30,34,36-39H,14-19,23-27H2,1-13H3/b31-21+,32-22+,33-20+/t34-,36-,37+,38+/m1/s1. The molecule has 44 heavy (non-hydrogen) atoms. The average molecular weight is 649 g/mol. The molecule has 0 aromatic heterocycles. The molecule has 256 valence electrons. The maximum atomic E-state index is 9.16. The maximum Gasteiger partial charge on any atom is 0.200 e. The van der Waals surface area contributed by atoms with Gasteiger partial charge in [-0.1, -0.05) is 94.0 Å². The van der Waals surface area contributed by atoms with E-state index in [1.807, 2.05) is 0 Å². The molecule has 1 fully saturated rings. The molecule has 0 amide bonds. The van der Waals surface area contributed by atoms with Crippen molar-refractivity contribution >= 4 is 16.6 Å². The molecule has 4 atom stereocenters. The molecule has 1 rings (SSSR count). The minimum absolute atomic E-state index is 0.108. The SMILES string of the molecule is C=C(CO[Si](C(C)C)(C(C)C)C(C)C)/C(C)=C/C=C(\C)[C@H](CC[C@@H]1C[C@@H](C)[C@H](/C(C)=C/CCCO)O1)O[Si](CC)(CC)CC. The molecular weight excluding hydrogens is 577 g/mol. The lowest BCUT2D eigenvalue weighted by Gasteiger charge is -2.42. The summed E-state index contributed by atoms with van der Waals surface area (Å²) in [6, 6.07) is 3.45. The Hall–Kier alpha value is -0.766. The van der Waals surface area contributed by atoms with Gasteiger partial charge in [-0.05, 0) is 116 Å². The third kappa shape index (κ3) is 11.5. The highest BCUT2D eigenvalue weighted by atomic mass is 28.4. The molecular formula is C38H72O4Si2. The first-order valence-corrected chi connectivity index (χ1v) is 22.6. The monoisotopic (exact) mass is 648 g/mol. The van der Waals surface area contributed by atoms with Crippen molar-refractivity contribution in [3.8, 4) is 0 Å². The van der Waals surface area contributed by atoms with Crippen LogP contribution in [0.1, 0.15) is 122 Å². The first kappa shape index (κ1) is 41.3. The van der Waals surface area contributed by atoms with Crippen LogP contribution >= 0.6 is 0 Å². The van der Waals surface area contributed by atoms with Crippen molar-refractivity contribution in [1.29, 1.82) is 0 Å². The van der Waals surface area contributed by atoms with E-state index >= 15 is 0 Å². The molecule has 0 aromatic rings. The summed E-state index contributed by atoms with van der Waals surface area (Å²) in [4.78, 5) is 0. The zero-order valence-electron chi connectivity index (χ0n) is 31.2. The van der Waals surface area contributed by atoms with E-state index in [9.17, 15) is 0 Å². The Kier molecular flexibility index (Phi) is 18.6. The van der Waals surface area contributed by atoms with Gasteiger partial charge in [-0.15, -0.1) is 0 Å². The minimum Gasteiger partial charge on any atom is -0.412 e. The largest absolute Gasteiger partial charge is 0.412 e. The second-order valence-corrected chi connectivity index (χ2v) is 24.8. The highest BCUT2D eigenvalue weighted by Crippen LogP contribution is 2.42. The second kappa shape index (κ2) is 19.8. The second-order valence-electron chi connectivity index (χ2n) is 14.6. The van der Waals surface area contributed by atoms with Gasteiger partial charge in [0, 0.05) is 6.61 Å². The summed E-state index contributed by atoms with van der Waals surface area (Å²) in [5.41, 5.74) is 6.56. The van der Waals surface area contributed by atoms with E-state index in [1.54, 1.807) is 0 Å². The molecule has 4 nitrogen and oxygen atoms in total. The number of allylic oxidation sites excluding steroid dienone is 3. The van der Waals surface area contributed by atoms with Gasteiger partial charge >= 0.3 is 0 Å². The van der Waals surface area contributed by atoms with E-state index in [-0.39, 0.29) is 24.9 Å². The first-order valence-electron chi connectivity index (χ1n) is 17.9. The molecule has 0 saturated carbocycles. The van der Waals surface area contributed by atoms with Gasteiger partial charge in [0.1, 0.15) is 0 Å². The molecule has 1 saturated heterocycles. The molecule has 0 aromatic carbocycles. The summed E-state index contributed by atoms with van der Waals surface area (Å²) in [6.07, 6.45) is 12.1. The summed E-state index contributed by atoms with van der Waals surface area (Å²) < 4.78 is 20.6. The third-order valence-corrected chi connectivity index (χ3v) is 21.4. The van der Waals surface area contributed by atoms with Crippen LogP contribution in [0.4, 0.5) is 0 Å². The molecule has 0 bridgehead atoms. The van der Waals surface area contributed by atoms with Gasteiger partial charge < -0.3 is 18.7 Å². The highest BCUT2D eigenvalue weighted by molar-refractivity contribution is 6.77. The van der Waals surface area contributed by atoms with Crippen LogP contribution in [0, 0.1) is 5.92 Å². The number of hydrogen-bond acceptors (Lipinski definition) is 4. The molecule has 1 heterocycles. The van der Waals surface area contributed by atoms with Crippen LogP contribution in [-0.4, -0.2) is 53.3 Å². The molecule has 0 aliphatic carbocycles. The van der Waals surface area contributed by atoms with Crippen LogP contribution in [0.3, 0.4) is 0 Å². The lowest BCUT2D eigenvalue weighted by atomic mass is 9.94. The number of unbranched alkanes of at least 4 members (excludes halogenated alkanes) is 1. The molecule has 6 heteroatoms. The summed E-state index contributed by atoms with van der Waals surface area (Å²) in [6.45, 7) is 35.2. The molecule has 0 radical (unpaired) electrons. The van der Waals surface area contributed by atoms with Crippen LogP contribution in [0.15, 0.2) is 47.1 Å². The zero-order valence-corrected chi connectivity index (χ0v) is 33.2. The molecule has 1 aliphatic rings. The van der Waals surface area contributed by atoms with Gasteiger partial charge in [0.15, 0.2) is 8.32 Å². The Labute approximate surface area is 276 Å². The van der Waals surface area contributed by atoms with Gasteiger partial charge in [-0.2, -0.15) is 0 Å². The van der Waals surface area contributed by atoms with Crippen molar-refractivity contribution < 1.29 is 18.7 Å². The quantitative estimate of drug-likeness (QED) is 0.0582. The molecule has 0 spiro atoms. The topological polar surface area (TPSA) is 47.9 Å². The van der Waals surface area contributed by atoms with Crippen molar-refractivity contribution in [2.24, 2.45) is 5.92 Å². The molecule has 0 unspecified atom stereocenters. The van der Waals surface area contributed by atoms with Crippen molar-refractivity contribution in [2.75, 3.05) is 13.2 Å². The number of ether oxygens (including phenoxy) is 1. The van der Waals surface area contributed by atoms with Crippen molar-refractivity contribution in [3.63, 3.8) is 0 Å². The Morgan fingerprint density at radius 3 is 2.02 bits per heavy atom. The summed E-state index contributed by atoms with van der Waals surface area (Å²) in [5, 5.41) is 9.16. The molecule has 1 N–H and O–H groups in total. The average Bonchev–Trinajstić information content (AvgIpc) is 3.36. The summed E-state index contributed by atoms with van der Waals surface area (Å²) in [7, 11) is -3.72. The Morgan fingerprint density at radius 1 is 0.955 bits per heavy atom. The van der Waals surface area contributed by atoms with Gasteiger partial charge in [-0.25, -0.2) is 0 Å². The van der Waals surface area contributed by atoms with E-state index in [2.05, 4.69) is 115 Å². The summed E-state index contributed by atoms with van der Waals surface area (Å²) >= 11 is 0. The van der Waals surface area contributed by atoms with Crippen LogP contribution in [0.25, 0.3) is 0 Å². The first-order chi connectivity index (χ1) is 20.6. The number of aliphatic hydroxyl groups excluding tert-OH is 1. The normalized spacial score (nSPS) is 21.7. The Morgan fingerprint density at radius 2 is 1.52 bits per heavy atom. The fraction of sp³-hybridized carbons (Fsp3) is 0.789. The smallest absolute Gasteiger partial charge is 0.200 e. The van der Waals surface area contributed by atoms with Gasteiger partial charge in [0.25, 0.3) is 0 Å². The van der Waals surface area contributed by atoms with Crippen LogP contribution in [0.2, 0.25) is 34.8 Å². The van der Waals surface area contributed by atoms with Gasteiger partial charge in [0.2, 0.25) is 8.32 Å². The Balaban J connectivity index is 3.10. The summed E-state index contributed by atoms with van der Waals surface area (Å²) in [5.74, 6) is 0.513. The van der Waals surface area contributed by atoms with E-state index in [0.717, 1.165) is 55.8 Å². The number of hydrogen-bond donors (Lipinski definition) is 1. The van der Waals surface area contributed by atoms with Crippen LogP contribution in [0.5, 0.6) is 0 Å². The minimum atomic E-state index is -1.93. The number of aliphatic hydroxyl groups is 1. The van der Waals surface area contributed by atoms with Gasteiger partial charge in [-0.3, -0.25) is 0 Å². The zero-order chi connectivity index (χ0) is 33.7. The Bertz CT molecular complexity index is 914. The van der Waals surface area contributed by atoms with Crippen LogP contribution < -0.4 is 0 Å². The predicted molar refractivity (Wildman–Crippen MR) is 197 cm³/mol. The lowest BCUT2D eigenvalue weighted by molar-refractivity contribution is 0.0453. The van der Waals surface area contributed by atoms with Crippen molar-refractivity contribution in [2.45, 2.75) is 175 Å². The van der Waals surface area contributed by atoms with E-state index in [0.29, 0.717) is 29.1 Å². The third-order valence-electron chi connectivity index (χ3n) is 10.7. The lowest BCUT2D eigenvalue weighted by Crippen LogP contribution is -2.48. The number of rotatable bonds is 21. The fourth-order valence-electron chi connectivity index (χ4n) is 7.54. The van der Waals surface area contributed by atoms with E-state index in [1.165, 1.54) is 16.7 Å². The predicted octanol–water partition coefficient (Wildman–Crippen LogP) is 11.3. The van der Waals surface area contributed by atoms with Gasteiger partial charge in [0.05, 0.1) is 24.9 Å². The molecule has 1 aliphatic heterocycles. The van der Waals surface area contributed by atoms with E-state index in [4.69, 9.17) is 18.7 Å². The van der Waals surface area contributed by atoms with Crippen LogP contribution in [-0.2, 0) is 13.6 Å². The van der Waals surface area contributed by atoms with Crippen molar-refractivity contribution in [3.05, 3.63) is 47.1 Å². The highest BCUT2D eigenvalue weighted by Gasteiger charge is 2.45. The fourth-order valence-corrected chi connectivity index (χ4v) is 15.9. The van der Waals surface area contributed by atoms with E-state index < -0.39 is 16.6 Å². The van der Waals surface area contributed by atoms with Crippen molar-refractivity contribution in [1.82, 2.24) is 0 Å².